The second-order valence-electron chi connectivity index (χ2n) is 9.03. The van der Waals surface area contributed by atoms with Crippen LogP contribution >= 0.6 is 0 Å². The standard InChI is InChI=1S/C29H32F3NO2/c30-29(31,32)35-26-17-14-23(15-18-26)24-16-19-28(34-25-12-5-2-6-13-25)27(21-24)33-20-8-7-11-22-9-3-1-4-10-22/h1,3-4,9-10,14-19,21,25,33H,2,5-8,11-13,20H2. The first kappa shape index (κ1) is 25.0. The van der Waals surface area contributed by atoms with Crippen molar-refractivity contribution in [3.63, 3.8) is 0 Å². The molecule has 1 aliphatic carbocycles. The molecule has 3 aromatic carbocycles. The van der Waals surface area contributed by atoms with Crippen LogP contribution in [-0.2, 0) is 6.42 Å². The third kappa shape index (κ3) is 7.94. The number of alkyl halides is 3. The van der Waals surface area contributed by atoms with Gasteiger partial charge < -0.3 is 14.8 Å². The topological polar surface area (TPSA) is 30.5 Å². The average molecular weight is 484 g/mol. The number of unbranched alkanes of at least 4 members (excludes halogenated alkanes) is 1. The molecule has 186 valence electrons. The zero-order valence-electron chi connectivity index (χ0n) is 19.8. The first-order valence-corrected chi connectivity index (χ1v) is 12.4. The molecular weight excluding hydrogens is 451 g/mol. The summed E-state index contributed by atoms with van der Waals surface area (Å²) in [6, 6.07) is 22.4. The molecule has 0 amide bonds. The maximum atomic E-state index is 12.5. The molecule has 6 heteroatoms. The van der Waals surface area contributed by atoms with E-state index in [0.29, 0.717) is 0 Å². The van der Waals surface area contributed by atoms with Gasteiger partial charge in [0.2, 0.25) is 0 Å². The van der Waals surface area contributed by atoms with Crippen LogP contribution in [0, 0.1) is 0 Å². The molecule has 0 atom stereocenters. The fraction of sp³-hybridized carbons (Fsp3) is 0.379. The van der Waals surface area contributed by atoms with Crippen molar-refractivity contribution in [2.24, 2.45) is 0 Å². The van der Waals surface area contributed by atoms with Crippen molar-refractivity contribution in [3.05, 3.63) is 78.4 Å². The molecule has 0 radical (unpaired) electrons. The van der Waals surface area contributed by atoms with Crippen LogP contribution in [0.4, 0.5) is 18.9 Å². The molecule has 1 fully saturated rings. The lowest BCUT2D eigenvalue weighted by Gasteiger charge is -2.25. The Morgan fingerprint density at radius 2 is 1.51 bits per heavy atom. The summed E-state index contributed by atoms with van der Waals surface area (Å²) in [7, 11) is 0. The first-order chi connectivity index (χ1) is 17.0. The van der Waals surface area contributed by atoms with E-state index in [9.17, 15) is 13.2 Å². The number of hydrogen-bond acceptors (Lipinski definition) is 3. The Kier molecular flexibility index (Phi) is 8.56. The lowest BCUT2D eigenvalue weighted by atomic mass is 9.97. The number of ether oxygens (including phenoxy) is 2. The molecule has 3 nitrogen and oxygen atoms in total. The highest BCUT2D eigenvalue weighted by molar-refractivity contribution is 5.72. The fourth-order valence-corrected chi connectivity index (χ4v) is 4.48. The Morgan fingerprint density at radius 1 is 0.800 bits per heavy atom. The van der Waals surface area contributed by atoms with Crippen molar-refractivity contribution in [2.45, 2.75) is 63.8 Å². The summed E-state index contributed by atoms with van der Waals surface area (Å²) in [6.45, 7) is 0.815. The number of hydrogen-bond donors (Lipinski definition) is 1. The van der Waals surface area contributed by atoms with Gasteiger partial charge >= 0.3 is 6.36 Å². The highest BCUT2D eigenvalue weighted by Crippen LogP contribution is 2.34. The quantitative estimate of drug-likeness (QED) is 0.294. The van der Waals surface area contributed by atoms with Crippen LogP contribution in [0.3, 0.4) is 0 Å². The summed E-state index contributed by atoms with van der Waals surface area (Å²) < 4.78 is 47.8. The summed E-state index contributed by atoms with van der Waals surface area (Å²) in [6.07, 6.45) is 4.46. The molecule has 0 aliphatic heterocycles. The molecule has 0 aromatic heterocycles. The van der Waals surface area contributed by atoms with E-state index in [1.165, 1.54) is 37.0 Å². The first-order valence-electron chi connectivity index (χ1n) is 12.4. The number of aryl methyl sites for hydroxylation is 1. The molecule has 0 bridgehead atoms. The van der Waals surface area contributed by atoms with E-state index in [-0.39, 0.29) is 11.9 Å². The Bertz CT molecular complexity index is 1050. The van der Waals surface area contributed by atoms with Gasteiger partial charge in [-0.05, 0) is 85.9 Å². The number of anilines is 1. The molecule has 0 unspecified atom stereocenters. The molecule has 0 saturated heterocycles. The molecule has 0 heterocycles. The molecule has 35 heavy (non-hydrogen) atoms. The van der Waals surface area contributed by atoms with E-state index in [1.807, 2.05) is 24.3 Å². The van der Waals surface area contributed by atoms with Gasteiger partial charge in [-0.1, -0.05) is 55.0 Å². The van der Waals surface area contributed by atoms with Crippen molar-refractivity contribution >= 4 is 5.69 Å². The maximum absolute atomic E-state index is 12.5. The van der Waals surface area contributed by atoms with Gasteiger partial charge in [-0.3, -0.25) is 0 Å². The molecule has 1 aliphatic rings. The lowest BCUT2D eigenvalue weighted by molar-refractivity contribution is -0.274. The SMILES string of the molecule is FC(F)(F)Oc1ccc(-c2ccc(OC3CCCCC3)c(NCCCCc3ccccc3)c2)cc1. The van der Waals surface area contributed by atoms with E-state index >= 15 is 0 Å². The third-order valence-electron chi connectivity index (χ3n) is 6.30. The fourth-order valence-electron chi connectivity index (χ4n) is 4.48. The van der Waals surface area contributed by atoms with Gasteiger partial charge in [0.15, 0.2) is 0 Å². The van der Waals surface area contributed by atoms with E-state index in [1.54, 1.807) is 12.1 Å². The molecule has 0 spiro atoms. The number of halogens is 3. The second kappa shape index (κ2) is 12.0. The highest BCUT2D eigenvalue weighted by atomic mass is 19.4. The second-order valence-corrected chi connectivity index (χ2v) is 9.03. The van der Waals surface area contributed by atoms with Crippen LogP contribution in [0.5, 0.6) is 11.5 Å². The van der Waals surface area contributed by atoms with Gasteiger partial charge in [0.1, 0.15) is 11.5 Å². The van der Waals surface area contributed by atoms with Crippen LogP contribution in [0.25, 0.3) is 11.1 Å². The van der Waals surface area contributed by atoms with E-state index in [4.69, 9.17) is 4.74 Å². The van der Waals surface area contributed by atoms with Gasteiger partial charge in [0.05, 0.1) is 11.8 Å². The van der Waals surface area contributed by atoms with Gasteiger partial charge in [-0.15, -0.1) is 13.2 Å². The van der Waals surface area contributed by atoms with E-state index in [0.717, 1.165) is 61.2 Å². The molecular formula is C29H32F3NO2. The molecule has 1 saturated carbocycles. The van der Waals surface area contributed by atoms with Crippen LogP contribution in [0.2, 0.25) is 0 Å². The van der Waals surface area contributed by atoms with Crippen molar-refractivity contribution in [2.75, 3.05) is 11.9 Å². The Morgan fingerprint density at radius 3 is 2.23 bits per heavy atom. The largest absolute Gasteiger partial charge is 0.573 e. The number of benzene rings is 3. The maximum Gasteiger partial charge on any atom is 0.573 e. The minimum Gasteiger partial charge on any atom is -0.488 e. The van der Waals surface area contributed by atoms with Crippen molar-refractivity contribution in [3.8, 4) is 22.6 Å². The number of rotatable bonds is 10. The minimum atomic E-state index is -4.70. The Balaban J connectivity index is 1.43. The zero-order chi connectivity index (χ0) is 24.5. The van der Waals surface area contributed by atoms with Crippen LogP contribution in [-0.4, -0.2) is 19.0 Å². The van der Waals surface area contributed by atoms with E-state index in [2.05, 4.69) is 34.3 Å². The minimum absolute atomic E-state index is 0.227. The summed E-state index contributed by atoms with van der Waals surface area (Å²) in [5.41, 5.74) is 3.99. The monoisotopic (exact) mass is 483 g/mol. The van der Waals surface area contributed by atoms with E-state index < -0.39 is 6.36 Å². The number of nitrogens with one attached hydrogen (secondary N) is 1. The highest BCUT2D eigenvalue weighted by Gasteiger charge is 2.31. The van der Waals surface area contributed by atoms with Gasteiger partial charge in [0, 0.05) is 6.54 Å². The predicted octanol–water partition coefficient (Wildman–Crippen LogP) is 8.40. The average Bonchev–Trinajstić information content (AvgIpc) is 2.85. The molecule has 1 N–H and O–H groups in total. The summed E-state index contributed by atoms with van der Waals surface area (Å²) >= 11 is 0. The van der Waals surface area contributed by atoms with Crippen molar-refractivity contribution in [1.82, 2.24) is 0 Å². The summed E-state index contributed by atoms with van der Waals surface area (Å²) in [4.78, 5) is 0. The third-order valence-corrected chi connectivity index (χ3v) is 6.30. The molecule has 4 rings (SSSR count). The Labute approximate surface area is 205 Å². The van der Waals surface area contributed by atoms with Crippen LogP contribution < -0.4 is 14.8 Å². The van der Waals surface area contributed by atoms with Gasteiger partial charge in [-0.2, -0.15) is 0 Å². The summed E-state index contributed by atoms with van der Waals surface area (Å²) in [5.74, 6) is 0.607. The van der Waals surface area contributed by atoms with Gasteiger partial charge in [0.25, 0.3) is 0 Å². The zero-order valence-corrected chi connectivity index (χ0v) is 19.8. The van der Waals surface area contributed by atoms with Crippen molar-refractivity contribution in [1.29, 1.82) is 0 Å². The Hall–Kier alpha value is -3.15. The van der Waals surface area contributed by atoms with Gasteiger partial charge in [-0.25, -0.2) is 0 Å². The predicted molar refractivity (Wildman–Crippen MR) is 134 cm³/mol. The normalized spacial score (nSPS) is 14.5. The van der Waals surface area contributed by atoms with Crippen LogP contribution in [0.1, 0.15) is 50.5 Å². The van der Waals surface area contributed by atoms with Crippen LogP contribution in [0.15, 0.2) is 72.8 Å². The summed E-state index contributed by atoms with van der Waals surface area (Å²) in [5, 5.41) is 3.54. The lowest BCUT2D eigenvalue weighted by Crippen LogP contribution is -2.20. The molecule has 3 aromatic rings. The smallest absolute Gasteiger partial charge is 0.488 e. The van der Waals surface area contributed by atoms with Crippen molar-refractivity contribution < 1.29 is 22.6 Å².